The van der Waals surface area contributed by atoms with Gasteiger partial charge in [-0.05, 0) is 32.2 Å². The first-order valence-electron chi connectivity index (χ1n) is 5.77. The molecule has 19 heavy (non-hydrogen) atoms. The van der Waals surface area contributed by atoms with Crippen LogP contribution in [-0.4, -0.2) is 21.7 Å². The highest BCUT2D eigenvalue weighted by Crippen LogP contribution is 2.27. The Hall–Kier alpha value is -1.66. The lowest BCUT2D eigenvalue weighted by atomic mass is 10.2. The summed E-state index contributed by atoms with van der Waals surface area (Å²) in [5, 5.41) is 11.0. The lowest BCUT2D eigenvalue weighted by molar-refractivity contribution is -0.0227. The van der Waals surface area contributed by atoms with Crippen molar-refractivity contribution in [2.45, 2.75) is 33.0 Å². The molecule has 0 saturated heterocycles. The summed E-state index contributed by atoms with van der Waals surface area (Å²) in [5.41, 5.74) is -0.460. The van der Waals surface area contributed by atoms with E-state index < -0.39 is 5.97 Å². The van der Waals surface area contributed by atoms with E-state index in [-0.39, 0.29) is 23.7 Å². The second-order valence-corrected chi connectivity index (χ2v) is 5.92. The summed E-state index contributed by atoms with van der Waals surface area (Å²) in [4.78, 5) is 16.0. The lowest BCUT2D eigenvalue weighted by Gasteiger charge is -2.18. The van der Waals surface area contributed by atoms with Crippen molar-refractivity contribution in [3.8, 4) is 10.8 Å². The number of aromatic nitrogens is 1. The van der Waals surface area contributed by atoms with E-state index in [1.54, 1.807) is 0 Å². The third-order valence-corrected chi connectivity index (χ3v) is 3.13. The summed E-state index contributed by atoms with van der Waals surface area (Å²) < 4.78 is 11.1. The van der Waals surface area contributed by atoms with E-state index in [1.807, 2.05) is 38.3 Å². The van der Waals surface area contributed by atoms with Crippen molar-refractivity contribution in [2.24, 2.45) is 0 Å². The first-order chi connectivity index (χ1) is 8.87. The Kier molecular flexibility index (Phi) is 3.73. The van der Waals surface area contributed by atoms with E-state index in [4.69, 9.17) is 14.3 Å². The van der Waals surface area contributed by atoms with Crippen LogP contribution < -0.4 is 0 Å². The fourth-order valence-corrected chi connectivity index (χ4v) is 2.05. The number of carboxylic acid groups (broad SMARTS) is 1. The van der Waals surface area contributed by atoms with Gasteiger partial charge in [-0.1, -0.05) is 6.07 Å². The fourth-order valence-electron chi connectivity index (χ4n) is 1.40. The van der Waals surface area contributed by atoms with Gasteiger partial charge in [-0.15, -0.1) is 11.3 Å². The quantitative estimate of drug-likeness (QED) is 0.929. The molecule has 2 rings (SSSR count). The molecule has 0 saturated carbocycles. The third kappa shape index (κ3) is 3.42. The molecule has 0 atom stereocenters. The molecule has 0 radical (unpaired) electrons. The van der Waals surface area contributed by atoms with Crippen LogP contribution in [0.25, 0.3) is 10.8 Å². The van der Waals surface area contributed by atoms with E-state index in [0.717, 1.165) is 4.88 Å². The molecule has 2 aromatic heterocycles. The summed E-state index contributed by atoms with van der Waals surface area (Å²) in [6.45, 7) is 5.77. The van der Waals surface area contributed by atoms with Gasteiger partial charge in [0, 0.05) is 0 Å². The molecule has 0 aliphatic heterocycles. The number of rotatable bonds is 4. The maximum Gasteiger partial charge on any atom is 0.358 e. The van der Waals surface area contributed by atoms with Crippen LogP contribution in [0.15, 0.2) is 21.9 Å². The number of ether oxygens (including phenoxy) is 1. The largest absolute Gasteiger partial charge is 0.476 e. The number of hydrogen-bond acceptors (Lipinski definition) is 5. The number of hydrogen-bond donors (Lipinski definition) is 1. The van der Waals surface area contributed by atoms with Crippen molar-refractivity contribution >= 4 is 17.3 Å². The van der Waals surface area contributed by atoms with Crippen LogP contribution in [0.2, 0.25) is 0 Å². The van der Waals surface area contributed by atoms with Crippen molar-refractivity contribution in [3.63, 3.8) is 0 Å². The van der Waals surface area contributed by atoms with Gasteiger partial charge < -0.3 is 14.3 Å². The first kappa shape index (κ1) is 13.8. The molecule has 6 heteroatoms. The van der Waals surface area contributed by atoms with E-state index in [0.29, 0.717) is 5.89 Å². The minimum absolute atomic E-state index is 0.0868. The van der Waals surface area contributed by atoms with E-state index in [9.17, 15) is 4.79 Å². The van der Waals surface area contributed by atoms with E-state index in [1.165, 1.54) is 11.3 Å². The number of oxazole rings is 1. The minimum atomic E-state index is -1.11. The van der Waals surface area contributed by atoms with Crippen LogP contribution in [0.5, 0.6) is 0 Å². The second kappa shape index (κ2) is 5.14. The smallest absolute Gasteiger partial charge is 0.358 e. The second-order valence-electron chi connectivity index (χ2n) is 4.97. The predicted molar refractivity (Wildman–Crippen MR) is 71.3 cm³/mol. The molecule has 102 valence electrons. The summed E-state index contributed by atoms with van der Waals surface area (Å²) in [6, 6.07) is 3.69. The van der Waals surface area contributed by atoms with Crippen molar-refractivity contribution < 1.29 is 19.1 Å². The average Bonchev–Trinajstić information content (AvgIpc) is 2.94. The highest BCUT2D eigenvalue weighted by atomic mass is 32.1. The van der Waals surface area contributed by atoms with Crippen LogP contribution in [0.4, 0.5) is 0 Å². The first-order valence-corrected chi connectivity index (χ1v) is 6.65. The Morgan fingerprint density at radius 3 is 2.79 bits per heavy atom. The van der Waals surface area contributed by atoms with Crippen molar-refractivity contribution in [1.29, 1.82) is 0 Å². The Balaban J connectivity index is 2.29. The molecule has 2 heterocycles. The van der Waals surface area contributed by atoms with Gasteiger partial charge in [0.2, 0.25) is 5.89 Å². The molecule has 0 aliphatic rings. The molecule has 0 unspecified atom stereocenters. The SMILES string of the molecule is CC(C)(C)OCc1oc(-c2cccs2)nc1C(=O)O. The summed E-state index contributed by atoms with van der Waals surface area (Å²) in [7, 11) is 0. The zero-order valence-corrected chi connectivity index (χ0v) is 11.8. The summed E-state index contributed by atoms with van der Waals surface area (Å²) >= 11 is 1.44. The average molecular weight is 281 g/mol. The Bertz CT molecular complexity index is 566. The molecule has 2 aromatic rings. The molecule has 0 aliphatic carbocycles. The third-order valence-electron chi connectivity index (χ3n) is 2.27. The molecule has 0 bridgehead atoms. The Labute approximate surface area is 114 Å². The number of nitrogens with zero attached hydrogens (tertiary/aromatic N) is 1. The summed E-state index contributed by atoms with van der Waals surface area (Å²) in [6.07, 6.45) is 0. The molecular formula is C13H15NO4S. The van der Waals surface area contributed by atoms with Crippen molar-refractivity contribution in [2.75, 3.05) is 0 Å². The topological polar surface area (TPSA) is 72.6 Å². The van der Waals surface area contributed by atoms with Crippen molar-refractivity contribution in [3.05, 3.63) is 29.0 Å². The maximum absolute atomic E-state index is 11.2. The normalized spacial score (nSPS) is 11.7. The van der Waals surface area contributed by atoms with Crippen LogP contribution in [0.3, 0.4) is 0 Å². The number of carboxylic acids is 1. The zero-order chi connectivity index (χ0) is 14.0. The highest BCUT2D eigenvalue weighted by molar-refractivity contribution is 7.13. The number of carbonyl (C=O) groups is 1. The molecule has 0 amide bonds. The molecule has 0 aromatic carbocycles. The van der Waals surface area contributed by atoms with Gasteiger partial charge in [-0.3, -0.25) is 0 Å². The summed E-state index contributed by atoms with van der Waals surface area (Å²) in [5.74, 6) is -0.551. The molecule has 5 nitrogen and oxygen atoms in total. The Morgan fingerprint density at radius 2 is 2.26 bits per heavy atom. The molecular weight excluding hydrogens is 266 g/mol. The predicted octanol–water partition coefficient (Wildman–Crippen LogP) is 3.42. The van der Waals surface area contributed by atoms with Crippen LogP contribution in [0, 0.1) is 0 Å². The van der Waals surface area contributed by atoms with Gasteiger partial charge in [0.1, 0.15) is 6.61 Å². The van der Waals surface area contributed by atoms with Gasteiger partial charge in [-0.2, -0.15) is 0 Å². The zero-order valence-electron chi connectivity index (χ0n) is 11.0. The molecule has 0 fully saturated rings. The van der Waals surface area contributed by atoms with Crippen LogP contribution in [0.1, 0.15) is 37.0 Å². The minimum Gasteiger partial charge on any atom is -0.476 e. The fraction of sp³-hybridized carbons (Fsp3) is 0.385. The maximum atomic E-state index is 11.2. The molecule has 0 spiro atoms. The number of thiophene rings is 1. The van der Waals surface area contributed by atoms with Gasteiger partial charge in [0.15, 0.2) is 11.5 Å². The molecule has 1 N–H and O–H groups in total. The van der Waals surface area contributed by atoms with Crippen LogP contribution in [-0.2, 0) is 11.3 Å². The number of aromatic carboxylic acids is 1. The van der Waals surface area contributed by atoms with Gasteiger partial charge in [0.25, 0.3) is 0 Å². The standard InChI is InChI=1S/C13H15NO4S/c1-13(2,3)17-7-8-10(12(15)16)14-11(18-8)9-5-4-6-19-9/h4-6H,7H2,1-3H3,(H,15,16). The van der Waals surface area contributed by atoms with Crippen molar-refractivity contribution in [1.82, 2.24) is 4.98 Å². The van der Waals surface area contributed by atoms with E-state index in [2.05, 4.69) is 4.98 Å². The van der Waals surface area contributed by atoms with Crippen LogP contribution >= 0.6 is 11.3 Å². The highest BCUT2D eigenvalue weighted by Gasteiger charge is 2.22. The lowest BCUT2D eigenvalue weighted by Crippen LogP contribution is -2.19. The van der Waals surface area contributed by atoms with Gasteiger partial charge >= 0.3 is 5.97 Å². The van der Waals surface area contributed by atoms with Gasteiger partial charge in [-0.25, -0.2) is 9.78 Å². The van der Waals surface area contributed by atoms with Gasteiger partial charge in [0.05, 0.1) is 10.5 Å². The van der Waals surface area contributed by atoms with E-state index >= 15 is 0 Å². The monoisotopic (exact) mass is 281 g/mol. The Morgan fingerprint density at radius 1 is 1.53 bits per heavy atom.